The Hall–Kier alpha value is -0.770. The zero-order valence-corrected chi connectivity index (χ0v) is 8.16. The van der Waals surface area contributed by atoms with Crippen LogP contribution in [0.15, 0.2) is 0 Å². The molecule has 0 aromatic heterocycles. The van der Waals surface area contributed by atoms with E-state index >= 15 is 0 Å². The second-order valence-electron chi connectivity index (χ2n) is 3.39. The molecule has 0 aromatic rings. The van der Waals surface area contributed by atoms with E-state index < -0.39 is 0 Å². The molecule has 76 valence electrons. The predicted octanol–water partition coefficient (Wildman–Crippen LogP) is 0.956. The summed E-state index contributed by atoms with van der Waals surface area (Å²) >= 11 is 0. The summed E-state index contributed by atoms with van der Waals surface area (Å²) in [5.41, 5.74) is 5.40. The molecule has 1 aliphatic carbocycles. The highest BCUT2D eigenvalue weighted by molar-refractivity contribution is 5.67. The van der Waals surface area contributed by atoms with Gasteiger partial charge in [0.05, 0.1) is 7.11 Å². The molecule has 1 rings (SSSR count). The lowest BCUT2D eigenvalue weighted by atomic mass is 9.91. The predicted molar refractivity (Wildman–Crippen MR) is 50.4 cm³/mol. The van der Waals surface area contributed by atoms with Gasteiger partial charge in [-0.15, -0.1) is 0 Å². The maximum atomic E-state index is 11.3. The monoisotopic (exact) mass is 186 g/mol. The smallest absolute Gasteiger partial charge is 0.409 e. The number of carbonyl (C=O) groups excluding carboxylic acids is 1. The van der Waals surface area contributed by atoms with Crippen molar-refractivity contribution >= 4 is 6.09 Å². The maximum Gasteiger partial charge on any atom is 0.409 e. The first-order valence-corrected chi connectivity index (χ1v) is 4.84. The van der Waals surface area contributed by atoms with Crippen molar-refractivity contribution in [1.29, 1.82) is 0 Å². The van der Waals surface area contributed by atoms with Crippen LogP contribution >= 0.6 is 0 Å². The van der Waals surface area contributed by atoms with Crippen molar-refractivity contribution in [2.75, 3.05) is 20.2 Å². The number of nitrogens with two attached hydrogens (primary N) is 1. The van der Waals surface area contributed by atoms with Gasteiger partial charge in [-0.2, -0.15) is 0 Å². The third-order valence-electron chi connectivity index (χ3n) is 2.53. The number of ether oxygens (including phenoxy) is 1. The minimum absolute atomic E-state index is 0.210. The van der Waals surface area contributed by atoms with Crippen molar-refractivity contribution in [2.45, 2.75) is 31.7 Å². The van der Waals surface area contributed by atoms with Crippen LogP contribution in [0.4, 0.5) is 4.79 Å². The minimum Gasteiger partial charge on any atom is -0.453 e. The Morgan fingerprint density at radius 3 is 2.69 bits per heavy atom. The largest absolute Gasteiger partial charge is 0.453 e. The van der Waals surface area contributed by atoms with Crippen molar-refractivity contribution in [2.24, 2.45) is 5.73 Å². The molecule has 0 radical (unpaired) electrons. The van der Waals surface area contributed by atoms with Crippen molar-refractivity contribution < 1.29 is 9.53 Å². The highest BCUT2D eigenvalue weighted by Gasteiger charge is 2.28. The molecule has 0 aliphatic heterocycles. The first-order chi connectivity index (χ1) is 6.29. The van der Waals surface area contributed by atoms with Crippen LogP contribution in [-0.2, 0) is 4.74 Å². The SMILES string of the molecule is COC(=O)N(CCCN)C1CCC1. The van der Waals surface area contributed by atoms with E-state index in [-0.39, 0.29) is 6.09 Å². The summed E-state index contributed by atoms with van der Waals surface area (Å²) < 4.78 is 4.71. The van der Waals surface area contributed by atoms with Crippen molar-refractivity contribution in [3.63, 3.8) is 0 Å². The highest BCUT2D eigenvalue weighted by atomic mass is 16.5. The number of methoxy groups -OCH3 is 1. The van der Waals surface area contributed by atoms with E-state index in [9.17, 15) is 4.79 Å². The van der Waals surface area contributed by atoms with Crippen LogP contribution < -0.4 is 5.73 Å². The highest BCUT2D eigenvalue weighted by Crippen LogP contribution is 2.25. The molecule has 0 saturated heterocycles. The summed E-state index contributed by atoms with van der Waals surface area (Å²) in [5, 5.41) is 0. The van der Waals surface area contributed by atoms with Gasteiger partial charge in [-0.3, -0.25) is 0 Å². The van der Waals surface area contributed by atoms with Gasteiger partial charge >= 0.3 is 6.09 Å². The molecule has 0 aromatic carbocycles. The third kappa shape index (κ3) is 2.59. The molecular formula is C9H18N2O2. The second kappa shape index (κ2) is 5.07. The van der Waals surface area contributed by atoms with E-state index in [0.29, 0.717) is 12.6 Å². The van der Waals surface area contributed by atoms with E-state index in [1.54, 1.807) is 4.90 Å². The maximum absolute atomic E-state index is 11.3. The number of hydrogen-bond donors (Lipinski definition) is 1. The van der Waals surface area contributed by atoms with Crippen molar-refractivity contribution in [3.05, 3.63) is 0 Å². The zero-order chi connectivity index (χ0) is 9.68. The van der Waals surface area contributed by atoms with Gasteiger partial charge in [-0.1, -0.05) is 0 Å². The van der Waals surface area contributed by atoms with Crippen LogP contribution in [0.5, 0.6) is 0 Å². The molecule has 1 amide bonds. The summed E-state index contributed by atoms with van der Waals surface area (Å²) in [6.07, 6.45) is 4.09. The molecule has 0 atom stereocenters. The molecule has 1 fully saturated rings. The summed E-state index contributed by atoms with van der Waals surface area (Å²) in [7, 11) is 1.43. The van der Waals surface area contributed by atoms with Gasteiger partial charge in [0.25, 0.3) is 0 Å². The zero-order valence-electron chi connectivity index (χ0n) is 8.16. The second-order valence-corrected chi connectivity index (χ2v) is 3.39. The molecule has 0 heterocycles. The Balaban J connectivity index is 2.37. The third-order valence-corrected chi connectivity index (χ3v) is 2.53. The van der Waals surface area contributed by atoms with E-state index in [0.717, 1.165) is 25.8 Å². The van der Waals surface area contributed by atoms with E-state index in [2.05, 4.69) is 0 Å². The Bertz CT molecular complexity index is 169. The first-order valence-electron chi connectivity index (χ1n) is 4.84. The van der Waals surface area contributed by atoms with E-state index in [1.165, 1.54) is 13.5 Å². The molecule has 0 unspecified atom stereocenters. The van der Waals surface area contributed by atoms with Gasteiger partial charge < -0.3 is 15.4 Å². The van der Waals surface area contributed by atoms with Crippen LogP contribution in [0.1, 0.15) is 25.7 Å². The Labute approximate surface area is 79.0 Å². The summed E-state index contributed by atoms with van der Waals surface area (Å²) in [5.74, 6) is 0. The lowest BCUT2D eigenvalue weighted by Crippen LogP contribution is -2.45. The number of rotatable bonds is 4. The molecule has 2 N–H and O–H groups in total. The topological polar surface area (TPSA) is 55.6 Å². The number of nitrogens with zero attached hydrogens (tertiary/aromatic N) is 1. The van der Waals surface area contributed by atoms with E-state index in [1.807, 2.05) is 0 Å². The van der Waals surface area contributed by atoms with Crippen LogP contribution in [0.3, 0.4) is 0 Å². The van der Waals surface area contributed by atoms with Crippen LogP contribution in [-0.4, -0.2) is 37.2 Å². The van der Waals surface area contributed by atoms with Crippen molar-refractivity contribution in [3.8, 4) is 0 Å². The lowest BCUT2D eigenvalue weighted by molar-refractivity contribution is 0.0817. The fraction of sp³-hybridized carbons (Fsp3) is 0.889. The quantitative estimate of drug-likeness (QED) is 0.711. The molecule has 4 nitrogen and oxygen atoms in total. The number of carbonyl (C=O) groups is 1. The molecule has 1 saturated carbocycles. The lowest BCUT2D eigenvalue weighted by Gasteiger charge is -2.36. The Kier molecular flexibility index (Phi) is 4.02. The van der Waals surface area contributed by atoms with Gasteiger partial charge in [0.15, 0.2) is 0 Å². The standard InChI is InChI=1S/C9H18N2O2/c1-13-9(12)11(7-3-6-10)8-4-2-5-8/h8H,2-7,10H2,1H3. The molecular weight excluding hydrogens is 168 g/mol. The molecule has 0 bridgehead atoms. The van der Waals surface area contributed by atoms with Gasteiger partial charge in [0.1, 0.15) is 0 Å². The minimum atomic E-state index is -0.210. The summed E-state index contributed by atoms with van der Waals surface area (Å²) in [6.45, 7) is 1.36. The average Bonchev–Trinajstić information content (AvgIpc) is 2.07. The molecule has 1 aliphatic rings. The number of hydrogen-bond acceptors (Lipinski definition) is 3. The van der Waals surface area contributed by atoms with Gasteiger partial charge in [0.2, 0.25) is 0 Å². The van der Waals surface area contributed by atoms with Crippen LogP contribution in [0.25, 0.3) is 0 Å². The van der Waals surface area contributed by atoms with Crippen LogP contribution in [0.2, 0.25) is 0 Å². The summed E-state index contributed by atoms with van der Waals surface area (Å²) in [6, 6.07) is 0.402. The van der Waals surface area contributed by atoms with Crippen molar-refractivity contribution in [1.82, 2.24) is 4.90 Å². The fourth-order valence-electron chi connectivity index (χ4n) is 1.50. The van der Waals surface area contributed by atoms with Gasteiger partial charge in [-0.05, 0) is 32.2 Å². The first kappa shape index (κ1) is 10.3. The van der Waals surface area contributed by atoms with Gasteiger partial charge in [0, 0.05) is 12.6 Å². The fourth-order valence-corrected chi connectivity index (χ4v) is 1.50. The summed E-state index contributed by atoms with van der Waals surface area (Å²) in [4.78, 5) is 13.1. The molecule has 13 heavy (non-hydrogen) atoms. The normalized spacial score (nSPS) is 16.5. The van der Waals surface area contributed by atoms with Crippen LogP contribution in [0, 0.1) is 0 Å². The average molecular weight is 186 g/mol. The number of amides is 1. The molecule has 4 heteroatoms. The molecule has 0 spiro atoms. The Morgan fingerprint density at radius 2 is 2.31 bits per heavy atom. The van der Waals surface area contributed by atoms with E-state index in [4.69, 9.17) is 10.5 Å². The Morgan fingerprint density at radius 1 is 1.62 bits per heavy atom. The van der Waals surface area contributed by atoms with Gasteiger partial charge in [-0.25, -0.2) is 4.79 Å².